The van der Waals surface area contributed by atoms with Gasteiger partial charge in [0.2, 0.25) is 5.91 Å². The van der Waals surface area contributed by atoms with Crippen LogP contribution in [0, 0.1) is 0 Å². The molecule has 1 unspecified atom stereocenters. The van der Waals surface area contributed by atoms with E-state index in [9.17, 15) is 4.79 Å². The highest BCUT2D eigenvalue weighted by Crippen LogP contribution is 2.36. The minimum absolute atomic E-state index is 0.0246. The SMILES string of the molecule is O=C1CCC2(CCCO2)CCN1Cc1cccc2ccccc12. The van der Waals surface area contributed by atoms with Crippen molar-refractivity contribution in [3.8, 4) is 0 Å². The van der Waals surface area contributed by atoms with Crippen LogP contribution in [0.15, 0.2) is 42.5 Å². The molecule has 0 saturated carbocycles. The van der Waals surface area contributed by atoms with Gasteiger partial charge in [-0.3, -0.25) is 4.79 Å². The van der Waals surface area contributed by atoms with Crippen molar-refractivity contribution in [3.05, 3.63) is 48.0 Å². The molecule has 0 aliphatic carbocycles. The lowest BCUT2D eigenvalue weighted by Crippen LogP contribution is -2.32. The predicted molar refractivity (Wildman–Crippen MR) is 91.1 cm³/mol. The Morgan fingerprint density at radius 1 is 1.04 bits per heavy atom. The van der Waals surface area contributed by atoms with E-state index in [2.05, 4.69) is 42.5 Å². The molecule has 0 N–H and O–H groups in total. The van der Waals surface area contributed by atoms with Crippen LogP contribution in [0.4, 0.5) is 0 Å². The van der Waals surface area contributed by atoms with Gasteiger partial charge < -0.3 is 9.64 Å². The fourth-order valence-corrected chi connectivity index (χ4v) is 4.03. The number of nitrogens with zero attached hydrogens (tertiary/aromatic N) is 1. The van der Waals surface area contributed by atoms with Crippen molar-refractivity contribution < 1.29 is 9.53 Å². The zero-order valence-electron chi connectivity index (χ0n) is 13.5. The molecule has 0 aromatic heterocycles. The maximum absolute atomic E-state index is 12.6. The van der Waals surface area contributed by atoms with Gasteiger partial charge in [-0.25, -0.2) is 0 Å². The molecule has 2 aliphatic rings. The van der Waals surface area contributed by atoms with Gasteiger partial charge in [0.25, 0.3) is 0 Å². The molecule has 3 nitrogen and oxygen atoms in total. The third kappa shape index (κ3) is 2.86. The van der Waals surface area contributed by atoms with Crippen LogP contribution in [0.3, 0.4) is 0 Å². The van der Waals surface area contributed by atoms with Crippen LogP contribution in [0.25, 0.3) is 10.8 Å². The molecule has 2 aromatic rings. The van der Waals surface area contributed by atoms with Gasteiger partial charge in [0.1, 0.15) is 0 Å². The van der Waals surface area contributed by atoms with E-state index in [1.807, 2.05) is 4.90 Å². The third-order valence-corrected chi connectivity index (χ3v) is 5.41. The fraction of sp³-hybridized carbons (Fsp3) is 0.450. The number of carbonyl (C=O) groups excluding carboxylic acids is 1. The molecular weight excluding hydrogens is 286 g/mol. The van der Waals surface area contributed by atoms with Crippen LogP contribution >= 0.6 is 0 Å². The van der Waals surface area contributed by atoms with E-state index in [1.165, 1.54) is 16.3 Å². The Bertz CT molecular complexity index is 713. The molecule has 1 amide bonds. The lowest BCUT2D eigenvalue weighted by molar-refractivity contribution is -0.131. The molecule has 1 atom stereocenters. The van der Waals surface area contributed by atoms with Crippen molar-refractivity contribution in [2.75, 3.05) is 13.2 Å². The second-order valence-corrected chi connectivity index (χ2v) is 6.84. The van der Waals surface area contributed by atoms with Gasteiger partial charge in [-0.05, 0) is 42.0 Å². The van der Waals surface area contributed by atoms with E-state index in [0.717, 1.165) is 38.8 Å². The van der Waals surface area contributed by atoms with Gasteiger partial charge in [-0.1, -0.05) is 42.5 Å². The van der Waals surface area contributed by atoms with Crippen molar-refractivity contribution in [1.29, 1.82) is 0 Å². The van der Waals surface area contributed by atoms with Crippen molar-refractivity contribution in [2.24, 2.45) is 0 Å². The quantitative estimate of drug-likeness (QED) is 0.842. The first-order valence-electron chi connectivity index (χ1n) is 8.64. The molecular formula is C20H23NO2. The lowest BCUT2D eigenvalue weighted by Gasteiger charge is -2.27. The van der Waals surface area contributed by atoms with E-state index in [1.54, 1.807) is 0 Å². The molecule has 0 bridgehead atoms. The minimum Gasteiger partial charge on any atom is -0.375 e. The maximum atomic E-state index is 12.6. The molecule has 0 radical (unpaired) electrons. The van der Waals surface area contributed by atoms with E-state index in [-0.39, 0.29) is 11.5 Å². The number of benzene rings is 2. The summed E-state index contributed by atoms with van der Waals surface area (Å²) in [4.78, 5) is 14.6. The van der Waals surface area contributed by atoms with Gasteiger partial charge in [0, 0.05) is 26.1 Å². The number of carbonyl (C=O) groups is 1. The summed E-state index contributed by atoms with van der Waals surface area (Å²) in [6.07, 6.45) is 4.73. The predicted octanol–water partition coefficient (Wildman–Crippen LogP) is 3.90. The minimum atomic E-state index is -0.0246. The molecule has 4 rings (SSSR count). The smallest absolute Gasteiger partial charge is 0.222 e. The van der Waals surface area contributed by atoms with Crippen molar-refractivity contribution in [3.63, 3.8) is 0 Å². The Labute approximate surface area is 137 Å². The summed E-state index contributed by atoms with van der Waals surface area (Å²) in [5, 5.41) is 2.49. The van der Waals surface area contributed by atoms with E-state index in [4.69, 9.17) is 4.74 Å². The van der Waals surface area contributed by atoms with Crippen LogP contribution in [0.5, 0.6) is 0 Å². The average molecular weight is 309 g/mol. The van der Waals surface area contributed by atoms with Crippen LogP contribution in [0.1, 0.15) is 37.7 Å². The summed E-state index contributed by atoms with van der Waals surface area (Å²) in [6.45, 7) is 2.37. The summed E-state index contributed by atoms with van der Waals surface area (Å²) in [7, 11) is 0. The standard InChI is InChI=1S/C20H23NO2/c22-19-9-11-20(10-4-14-23-20)12-13-21(19)15-17-7-3-6-16-5-1-2-8-18(16)17/h1-3,5-8H,4,9-15H2. The second-order valence-electron chi connectivity index (χ2n) is 6.84. The van der Waals surface area contributed by atoms with E-state index >= 15 is 0 Å². The van der Waals surface area contributed by atoms with Gasteiger partial charge in [0.05, 0.1) is 5.60 Å². The summed E-state index contributed by atoms with van der Waals surface area (Å²) in [5.41, 5.74) is 1.21. The summed E-state index contributed by atoms with van der Waals surface area (Å²) < 4.78 is 6.00. The highest BCUT2D eigenvalue weighted by Gasteiger charge is 2.38. The van der Waals surface area contributed by atoms with E-state index < -0.39 is 0 Å². The average Bonchev–Trinajstić information content (AvgIpc) is 3.00. The topological polar surface area (TPSA) is 29.5 Å². The number of hydrogen-bond donors (Lipinski definition) is 0. The summed E-state index contributed by atoms with van der Waals surface area (Å²) in [5.74, 6) is 0.269. The zero-order valence-corrected chi connectivity index (χ0v) is 13.5. The number of rotatable bonds is 2. The Morgan fingerprint density at radius 3 is 2.78 bits per heavy atom. The molecule has 3 heteroatoms. The van der Waals surface area contributed by atoms with Crippen molar-refractivity contribution >= 4 is 16.7 Å². The fourth-order valence-electron chi connectivity index (χ4n) is 4.03. The molecule has 120 valence electrons. The van der Waals surface area contributed by atoms with E-state index in [0.29, 0.717) is 13.0 Å². The molecule has 23 heavy (non-hydrogen) atoms. The summed E-state index contributed by atoms with van der Waals surface area (Å²) in [6, 6.07) is 14.8. The molecule has 2 aliphatic heterocycles. The normalized spacial score (nSPS) is 25.2. The first kappa shape index (κ1) is 14.7. The van der Waals surface area contributed by atoms with Gasteiger partial charge in [-0.15, -0.1) is 0 Å². The first-order chi connectivity index (χ1) is 11.3. The van der Waals surface area contributed by atoms with Crippen LogP contribution in [0.2, 0.25) is 0 Å². The highest BCUT2D eigenvalue weighted by atomic mass is 16.5. The second kappa shape index (κ2) is 5.97. The molecule has 2 heterocycles. The number of ether oxygens (including phenoxy) is 1. The number of fused-ring (bicyclic) bond motifs is 1. The number of likely N-dealkylation sites (tertiary alicyclic amines) is 1. The van der Waals surface area contributed by atoms with Gasteiger partial charge in [-0.2, -0.15) is 0 Å². The van der Waals surface area contributed by atoms with Gasteiger partial charge in [0.15, 0.2) is 0 Å². The maximum Gasteiger partial charge on any atom is 0.222 e. The number of amides is 1. The lowest BCUT2D eigenvalue weighted by atomic mass is 9.92. The third-order valence-electron chi connectivity index (χ3n) is 5.41. The van der Waals surface area contributed by atoms with Crippen LogP contribution in [-0.4, -0.2) is 29.6 Å². The van der Waals surface area contributed by atoms with Crippen molar-refractivity contribution in [1.82, 2.24) is 4.90 Å². The largest absolute Gasteiger partial charge is 0.375 e. The van der Waals surface area contributed by atoms with Crippen LogP contribution in [-0.2, 0) is 16.1 Å². The number of hydrogen-bond acceptors (Lipinski definition) is 2. The molecule has 2 aromatic carbocycles. The molecule has 1 spiro atoms. The first-order valence-corrected chi connectivity index (χ1v) is 8.64. The molecule has 2 saturated heterocycles. The van der Waals surface area contributed by atoms with Crippen molar-refractivity contribution in [2.45, 2.75) is 44.2 Å². The Morgan fingerprint density at radius 2 is 1.91 bits per heavy atom. The zero-order chi connectivity index (χ0) is 15.7. The highest BCUT2D eigenvalue weighted by molar-refractivity contribution is 5.86. The monoisotopic (exact) mass is 309 g/mol. The Balaban J connectivity index is 1.56. The summed E-state index contributed by atoms with van der Waals surface area (Å²) >= 11 is 0. The molecule has 2 fully saturated rings. The van der Waals surface area contributed by atoms with Crippen LogP contribution < -0.4 is 0 Å². The van der Waals surface area contributed by atoms with Gasteiger partial charge >= 0.3 is 0 Å². The Kier molecular flexibility index (Phi) is 3.82. The Hall–Kier alpha value is -1.87.